The van der Waals surface area contributed by atoms with Gasteiger partial charge in [0.2, 0.25) is 0 Å². The van der Waals surface area contributed by atoms with Crippen molar-refractivity contribution in [3.63, 3.8) is 0 Å². The molecule has 0 saturated heterocycles. The third-order valence-corrected chi connectivity index (χ3v) is 2.08. The van der Waals surface area contributed by atoms with Gasteiger partial charge in [0.1, 0.15) is 0 Å². The standard InChI is InChI=1S/C11H18/c1-9(2)7-11-6-4-5-10(3)8-11/h6,9H,3-5,7-8H2,1-2H3. The van der Waals surface area contributed by atoms with Gasteiger partial charge in [-0.15, -0.1) is 0 Å². The molecule has 1 aliphatic carbocycles. The van der Waals surface area contributed by atoms with Crippen molar-refractivity contribution in [1.29, 1.82) is 0 Å². The Morgan fingerprint density at radius 3 is 2.82 bits per heavy atom. The molecule has 0 N–H and O–H groups in total. The minimum atomic E-state index is 0.798. The average Bonchev–Trinajstić information content (AvgIpc) is 1.85. The third kappa shape index (κ3) is 2.92. The summed E-state index contributed by atoms with van der Waals surface area (Å²) in [6, 6.07) is 0. The fourth-order valence-electron chi connectivity index (χ4n) is 1.64. The quantitative estimate of drug-likeness (QED) is 0.526. The lowest BCUT2D eigenvalue weighted by Gasteiger charge is -2.16. The van der Waals surface area contributed by atoms with Crippen LogP contribution in [-0.4, -0.2) is 0 Å². The van der Waals surface area contributed by atoms with E-state index in [4.69, 9.17) is 0 Å². The van der Waals surface area contributed by atoms with Gasteiger partial charge in [0.25, 0.3) is 0 Å². The molecule has 0 heteroatoms. The van der Waals surface area contributed by atoms with Crippen LogP contribution in [0.2, 0.25) is 0 Å². The smallest absolute Gasteiger partial charge is 0.0111 e. The Balaban J connectivity index is 2.45. The Hall–Kier alpha value is -0.520. The minimum absolute atomic E-state index is 0.798. The minimum Gasteiger partial charge on any atom is -0.0995 e. The van der Waals surface area contributed by atoms with Crippen molar-refractivity contribution < 1.29 is 0 Å². The van der Waals surface area contributed by atoms with E-state index in [9.17, 15) is 0 Å². The van der Waals surface area contributed by atoms with Crippen LogP contribution in [0.1, 0.15) is 39.5 Å². The topological polar surface area (TPSA) is 0 Å². The van der Waals surface area contributed by atoms with Crippen LogP contribution in [0.15, 0.2) is 23.8 Å². The molecule has 0 bridgehead atoms. The fourth-order valence-corrected chi connectivity index (χ4v) is 1.64. The zero-order valence-corrected chi connectivity index (χ0v) is 7.69. The van der Waals surface area contributed by atoms with Crippen molar-refractivity contribution in [1.82, 2.24) is 0 Å². The van der Waals surface area contributed by atoms with Gasteiger partial charge in [-0.1, -0.05) is 37.6 Å². The SMILES string of the molecule is C=C1CCC=C(CC(C)C)C1. The van der Waals surface area contributed by atoms with E-state index in [0.717, 1.165) is 12.3 Å². The molecule has 0 fully saturated rings. The summed E-state index contributed by atoms with van der Waals surface area (Å²) in [4.78, 5) is 0. The predicted molar refractivity (Wildman–Crippen MR) is 50.5 cm³/mol. The van der Waals surface area contributed by atoms with Crippen LogP contribution in [0.5, 0.6) is 0 Å². The lowest BCUT2D eigenvalue weighted by Crippen LogP contribution is -1.98. The first-order valence-corrected chi connectivity index (χ1v) is 4.53. The summed E-state index contributed by atoms with van der Waals surface area (Å²) >= 11 is 0. The van der Waals surface area contributed by atoms with Gasteiger partial charge < -0.3 is 0 Å². The highest BCUT2D eigenvalue weighted by Gasteiger charge is 2.07. The first-order chi connectivity index (χ1) is 5.18. The highest BCUT2D eigenvalue weighted by atomic mass is 14.1. The largest absolute Gasteiger partial charge is 0.0995 e. The van der Waals surface area contributed by atoms with Gasteiger partial charge >= 0.3 is 0 Å². The van der Waals surface area contributed by atoms with Crippen molar-refractivity contribution in [2.45, 2.75) is 39.5 Å². The zero-order valence-electron chi connectivity index (χ0n) is 7.69. The first kappa shape index (κ1) is 8.58. The molecular weight excluding hydrogens is 132 g/mol. The Labute approximate surface area is 70.0 Å². The number of hydrogen-bond acceptors (Lipinski definition) is 0. The average molecular weight is 150 g/mol. The Morgan fingerprint density at radius 2 is 2.27 bits per heavy atom. The molecule has 0 aromatic rings. The maximum atomic E-state index is 4.03. The van der Waals surface area contributed by atoms with Crippen molar-refractivity contribution in [2.24, 2.45) is 5.92 Å². The summed E-state index contributed by atoms with van der Waals surface area (Å²) < 4.78 is 0. The highest BCUT2D eigenvalue weighted by Crippen LogP contribution is 2.26. The van der Waals surface area contributed by atoms with Gasteiger partial charge in [0, 0.05) is 0 Å². The van der Waals surface area contributed by atoms with Gasteiger partial charge in [-0.2, -0.15) is 0 Å². The Morgan fingerprint density at radius 1 is 1.55 bits per heavy atom. The predicted octanol–water partition coefficient (Wildman–Crippen LogP) is 3.70. The summed E-state index contributed by atoms with van der Waals surface area (Å²) in [6.45, 7) is 8.58. The summed E-state index contributed by atoms with van der Waals surface area (Å²) in [5, 5.41) is 0. The number of rotatable bonds is 2. The van der Waals surface area contributed by atoms with E-state index in [2.05, 4.69) is 26.5 Å². The zero-order chi connectivity index (χ0) is 8.27. The van der Waals surface area contributed by atoms with Crippen LogP contribution in [0, 0.1) is 5.92 Å². The molecule has 0 aromatic carbocycles. The third-order valence-electron chi connectivity index (χ3n) is 2.08. The number of allylic oxidation sites excluding steroid dienone is 3. The van der Waals surface area contributed by atoms with E-state index in [1.807, 2.05) is 0 Å². The van der Waals surface area contributed by atoms with E-state index >= 15 is 0 Å². The first-order valence-electron chi connectivity index (χ1n) is 4.53. The molecule has 0 amide bonds. The molecule has 11 heavy (non-hydrogen) atoms. The monoisotopic (exact) mass is 150 g/mol. The maximum absolute atomic E-state index is 4.03. The molecule has 0 aliphatic heterocycles. The molecule has 1 aliphatic rings. The van der Waals surface area contributed by atoms with Gasteiger partial charge in [-0.25, -0.2) is 0 Å². The van der Waals surface area contributed by atoms with Crippen LogP contribution in [-0.2, 0) is 0 Å². The molecule has 0 radical (unpaired) electrons. The van der Waals surface area contributed by atoms with Gasteiger partial charge in [-0.05, 0) is 31.6 Å². The van der Waals surface area contributed by atoms with E-state index in [1.165, 1.54) is 24.8 Å². The van der Waals surface area contributed by atoms with Crippen molar-refractivity contribution in [3.8, 4) is 0 Å². The van der Waals surface area contributed by atoms with Crippen LogP contribution >= 0.6 is 0 Å². The van der Waals surface area contributed by atoms with E-state index in [-0.39, 0.29) is 0 Å². The van der Waals surface area contributed by atoms with Crippen molar-refractivity contribution in [3.05, 3.63) is 23.8 Å². The van der Waals surface area contributed by atoms with Crippen LogP contribution in [0.3, 0.4) is 0 Å². The van der Waals surface area contributed by atoms with E-state index in [0.29, 0.717) is 0 Å². The molecule has 0 atom stereocenters. The summed E-state index contributed by atoms with van der Waals surface area (Å²) in [6.07, 6.45) is 7.26. The molecule has 1 rings (SSSR count). The normalized spacial score (nSPS) is 18.8. The van der Waals surface area contributed by atoms with Crippen LogP contribution in [0.25, 0.3) is 0 Å². The van der Waals surface area contributed by atoms with Gasteiger partial charge in [-0.3, -0.25) is 0 Å². The second-order valence-electron chi connectivity index (χ2n) is 3.93. The van der Waals surface area contributed by atoms with Gasteiger partial charge in [0.15, 0.2) is 0 Å². The lowest BCUT2D eigenvalue weighted by molar-refractivity contribution is 0.621. The number of hydrogen-bond donors (Lipinski definition) is 0. The summed E-state index contributed by atoms with van der Waals surface area (Å²) in [5.41, 5.74) is 3.03. The summed E-state index contributed by atoms with van der Waals surface area (Å²) in [5.74, 6) is 0.798. The summed E-state index contributed by atoms with van der Waals surface area (Å²) in [7, 11) is 0. The van der Waals surface area contributed by atoms with E-state index < -0.39 is 0 Å². The fraction of sp³-hybridized carbons (Fsp3) is 0.636. The van der Waals surface area contributed by atoms with Crippen LogP contribution in [0.4, 0.5) is 0 Å². The molecular formula is C11H18. The van der Waals surface area contributed by atoms with Gasteiger partial charge in [0.05, 0.1) is 0 Å². The Bertz CT molecular complexity index is 172. The second-order valence-corrected chi connectivity index (χ2v) is 3.93. The molecule has 0 saturated carbocycles. The Kier molecular flexibility index (Phi) is 2.92. The molecule has 62 valence electrons. The maximum Gasteiger partial charge on any atom is -0.0111 e. The van der Waals surface area contributed by atoms with Crippen LogP contribution < -0.4 is 0 Å². The van der Waals surface area contributed by atoms with Crippen molar-refractivity contribution in [2.75, 3.05) is 0 Å². The molecule has 0 aromatic heterocycles. The molecule has 0 nitrogen and oxygen atoms in total. The second kappa shape index (κ2) is 3.75. The molecule has 0 spiro atoms. The highest BCUT2D eigenvalue weighted by molar-refractivity contribution is 5.18. The van der Waals surface area contributed by atoms with E-state index in [1.54, 1.807) is 5.57 Å². The molecule has 0 heterocycles. The molecule has 0 unspecified atom stereocenters. The lowest BCUT2D eigenvalue weighted by atomic mass is 9.90. The van der Waals surface area contributed by atoms with Crippen molar-refractivity contribution >= 4 is 0 Å².